The van der Waals surface area contributed by atoms with Crippen molar-refractivity contribution in [2.45, 2.75) is 13.0 Å². The van der Waals surface area contributed by atoms with Crippen LogP contribution in [0.2, 0.25) is 0 Å². The third-order valence-electron chi connectivity index (χ3n) is 5.12. The number of para-hydroxylation sites is 1. The van der Waals surface area contributed by atoms with E-state index >= 15 is 0 Å². The summed E-state index contributed by atoms with van der Waals surface area (Å²) in [7, 11) is 2.95. The van der Waals surface area contributed by atoms with Crippen molar-refractivity contribution in [3.63, 3.8) is 0 Å². The van der Waals surface area contributed by atoms with E-state index in [2.05, 4.69) is 5.16 Å². The average Bonchev–Trinajstić information content (AvgIpc) is 3.27. The van der Waals surface area contributed by atoms with Crippen molar-refractivity contribution >= 4 is 28.9 Å². The number of ether oxygens (including phenoxy) is 2. The molecule has 10 heteroatoms. The molecular formula is C20H17N3O7. The zero-order valence-electron chi connectivity index (χ0n) is 16.3. The van der Waals surface area contributed by atoms with Gasteiger partial charge in [0.1, 0.15) is 11.6 Å². The van der Waals surface area contributed by atoms with Crippen LogP contribution in [0.5, 0.6) is 11.5 Å². The van der Waals surface area contributed by atoms with E-state index in [-0.39, 0.29) is 17.1 Å². The maximum absolute atomic E-state index is 13.2. The standard InChI is InChI=1S/C20H17N3O7/c1-10-9-11(23(26)27)7-8-13(10)22-19(24)15-16(21-30-18(15)20(22)25)12-5-4-6-14(28-2)17(12)29-3/h4-9,15,18H,1-3H3. The van der Waals surface area contributed by atoms with Gasteiger partial charge in [-0.25, -0.2) is 4.90 Å². The van der Waals surface area contributed by atoms with Crippen molar-refractivity contribution in [1.29, 1.82) is 0 Å². The summed E-state index contributed by atoms with van der Waals surface area (Å²) < 4.78 is 10.7. The number of oxime groups is 1. The van der Waals surface area contributed by atoms with Crippen molar-refractivity contribution < 1.29 is 28.8 Å². The molecule has 4 rings (SSSR count). The number of nitrogens with zero attached hydrogens (tertiary/aromatic N) is 3. The van der Waals surface area contributed by atoms with E-state index in [1.54, 1.807) is 25.1 Å². The van der Waals surface area contributed by atoms with Crippen LogP contribution in [-0.4, -0.2) is 42.8 Å². The number of carbonyl (C=O) groups excluding carboxylic acids is 2. The molecule has 0 bridgehead atoms. The van der Waals surface area contributed by atoms with Crippen LogP contribution in [0.1, 0.15) is 11.1 Å². The second kappa shape index (κ2) is 7.14. The number of nitro benzene ring substituents is 1. The van der Waals surface area contributed by atoms with Crippen LogP contribution in [0.15, 0.2) is 41.6 Å². The molecule has 2 amide bonds. The molecule has 1 fully saturated rings. The number of aryl methyl sites for hydroxylation is 1. The molecule has 2 aliphatic rings. The number of nitro groups is 1. The zero-order valence-corrected chi connectivity index (χ0v) is 16.3. The Balaban J connectivity index is 1.74. The summed E-state index contributed by atoms with van der Waals surface area (Å²) in [5.74, 6) is -1.26. The molecule has 30 heavy (non-hydrogen) atoms. The van der Waals surface area contributed by atoms with Gasteiger partial charge in [0.05, 0.1) is 24.8 Å². The van der Waals surface area contributed by atoms with Crippen LogP contribution in [-0.2, 0) is 14.4 Å². The molecule has 0 saturated carbocycles. The summed E-state index contributed by atoms with van der Waals surface area (Å²) in [6.45, 7) is 1.60. The highest BCUT2D eigenvalue weighted by Crippen LogP contribution is 2.40. The molecule has 1 saturated heterocycles. The highest BCUT2D eigenvalue weighted by atomic mass is 16.7. The summed E-state index contributed by atoms with van der Waals surface area (Å²) in [4.78, 5) is 43.0. The van der Waals surface area contributed by atoms with Gasteiger partial charge in [-0.2, -0.15) is 0 Å². The Morgan fingerprint density at radius 3 is 2.53 bits per heavy atom. The van der Waals surface area contributed by atoms with E-state index < -0.39 is 28.8 Å². The van der Waals surface area contributed by atoms with Crippen LogP contribution >= 0.6 is 0 Å². The fourth-order valence-electron chi connectivity index (χ4n) is 3.73. The van der Waals surface area contributed by atoms with Crippen molar-refractivity contribution in [1.82, 2.24) is 0 Å². The fourth-order valence-corrected chi connectivity index (χ4v) is 3.73. The molecule has 2 aromatic carbocycles. The maximum Gasteiger partial charge on any atom is 0.278 e. The molecule has 0 N–H and O–H groups in total. The van der Waals surface area contributed by atoms with Gasteiger partial charge in [-0.3, -0.25) is 19.7 Å². The smallest absolute Gasteiger partial charge is 0.278 e. The highest BCUT2D eigenvalue weighted by molar-refractivity contribution is 6.33. The van der Waals surface area contributed by atoms with Gasteiger partial charge in [0.15, 0.2) is 11.5 Å². The van der Waals surface area contributed by atoms with Crippen molar-refractivity contribution in [3.8, 4) is 11.5 Å². The minimum Gasteiger partial charge on any atom is -0.493 e. The second-order valence-electron chi connectivity index (χ2n) is 6.76. The molecule has 0 aromatic heterocycles. The lowest BCUT2D eigenvalue weighted by atomic mass is 9.93. The summed E-state index contributed by atoms with van der Waals surface area (Å²) >= 11 is 0. The Bertz CT molecular complexity index is 1110. The van der Waals surface area contributed by atoms with E-state index in [1.165, 1.54) is 32.4 Å². The molecule has 154 valence electrons. The molecule has 2 aliphatic heterocycles. The molecule has 0 aliphatic carbocycles. The number of carbonyl (C=O) groups is 2. The molecule has 2 heterocycles. The number of rotatable bonds is 5. The predicted octanol–water partition coefficient (Wildman–Crippen LogP) is 2.21. The van der Waals surface area contributed by atoms with Crippen LogP contribution in [0.4, 0.5) is 11.4 Å². The van der Waals surface area contributed by atoms with E-state index in [0.29, 0.717) is 22.6 Å². The zero-order chi connectivity index (χ0) is 21.6. The van der Waals surface area contributed by atoms with E-state index in [1.807, 2.05) is 0 Å². The van der Waals surface area contributed by atoms with Crippen molar-refractivity contribution in [2.75, 3.05) is 19.1 Å². The highest BCUT2D eigenvalue weighted by Gasteiger charge is 2.56. The number of benzene rings is 2. The van der Waals surface area contributed by atoms with Gasteiger partial charge >= 0.3 is 0 Å². The van der Waals surface area contributed by atoms with E-state index in [9.17, 15) is 19.7 Å². The third-order valence-corrected chi connectivity index (χ3v) is 5.12. The lowest BCUT2D eigenvalue weighted by Crippen LogP contribution is -2.33. The van der Waals surface area contributed by atoms with Gasteiger partial charge in [0, 0.05) is 17.7 Å². The van der Waals surface area contributed by atoms with E-state index in [4.69, 9.17) is 14.3 Å². The lowest BCUT2D eigenvalue weighted by molar-refractivity contribution is -0.384. The maximum atomic E-state index is 13.2. The molecule has 2 unspecified atom stereocenters. The fraction of sp³-hybridized carbons (Fsp3) is 0.250. The Hall–Kier alpha value is -3.95. The number of non-ortho nitro benzene ring substituents is 1. The number of amides is 2. The number of hydrogen-bond donors (Lipinski definition) is 0. The minimum absolute atomic E-state index is 0.129. The predicted molar refractivity (Wildman–Crippen MR) is 105 cm³/mol. The lowest BCUT2D eigenvalue weighted by Gasteiger charge is -2.18. The average molecular weight is 411 g/mol. The molecule has 0 radical (unpaired) electrons. The quantitative estimate of drug-likeness (QED) is 0.420. The number of methoxy groups -OCH3 is 2. The number of anilines is 1. The minimum atomic E-state index is -1.11. The number of hydrogen-bond acceptors (Lipinski definition) is 8. The summed E-state index contributed by atoms with van der Waals surface area (Å²) in [6, 6.07) is 9.05. The Labute approximate surface area is 170 Å². The second-order valence-corrected chi connectivity index (χ2v) is 6.76. The molecule has 2 aromatic rings. The topological polar surface area (TPSA) is 121 Å². The molecule has 0 spiro atoms. The number of imide groups is 1. The van der Waals surface area contributed by atoms with Gasteiger partial charge in [0.25, 0.3) is 11.6 Å². The van der Waals surface area contributed by atoms with Crippen molar-refractivity contribution in [3.05, 3.63) is 57.6 Å². The van der Waals surface area contributed by atoms with Gasteiger partial charge in [-0.1, -0.05) is 11.2 Å². The van der Waals surface area contributed by atoms with Gasteiger partial charge in [0.2, 0.25) is 12.0 Å². The van der Waals surface area contributed by atoms with Crippen LogP contribution < -0.4 is 14.4 Å². The molecule has 2 atom stereocenters. The van der Waals surface area contributed by atoms with Gasteiger partial charge < -0.3 is 14.3 Å². The summed E-state index contributed by atoms with van der Waals surface area (Å²) in [6.07, 6.45) is -1.11. The molecular weight excluding hydrogens is 394 g/mol. The first-order valence-corrected chi connectivity index (χ1v) is 8.97. The van der Waals surface area contributed by atoms with Crippen LogP contribution in [0.25, 0.3) is 0 Å². The number of fused-ring (bicyclic) bond motifs is 1. The largest absolute Gasteiger partial charge is 0.493 e. The SMILES string of the molecule is COc1cccc(C2=NOC3C(=O)N(c4ccc([N+](=O)[O-])cc4C)C(=O)C23)c1OC. The molecule has 10 nitrogen and oxygen atoms in total. The van der Waals surface area contributed by atoms with Gasteiger partial charge in [-0.05, 0) is 30.7 Å². The first-order chi connectivity index (χ1) is 14.4. The Kier molecular flexibility index (Phi) is 4.61. The van der Waals surface area contributed by atoms with Crippen molar-refractivity contribution in [2.24, 2.45) is 11.1 Å². The van der Waals surface area contributed by atoms with Crippen LogP contribution in [0.3, 0.4) is 0 Å². The van der Waals surface area contributed by atoms with Crippen LogP contribution in [0, 0.1) is 23.0 Å². The Morgan fingerprint density at radius 1 is 1.13 bits per heavy atom. The van der Waals surface area contributed by atoms with E-state index in [0.717, 1.165) is 4.90 Å². The summed E-state index contributed by atoms with van der Waals surface area (Å²) in [5.41, 5.74) is 1.30. The Morgan fingerprint density at radius 2 is 1.90 bits per heavy atom. The third kappa shape index (κ3) is 2.76. The first kappa shape index (κ1) is 19.4. The van der Waals surface area contributed by atoms with Gasteiger partial charge in [-0.15, -0.1) is 0 Å². The normalized spacial score (nSPS) is 20.0. The monoisotopic (exact) mass is 411 g/mol. The summed E-state index contributed by atoms with van der Waals surface area (Å²) in [5, 5.41) is 15.0. The first-order valence-electron chi connectivity index (χ1n) is 8.97.